The standard InChI is InChI=1S/C17H17NO4/c19-14-10-21-9-13(17(14)20)18-11-5-1-3-7-15(11)22-16-8-4-2-6-12(16)18/h1-8,13-14,17,19-20H,9-10H2/t13-,14+,17+/m1/s1. The third-order valence-corrected chi connectivity index (χ3v) is 4.17. The van der Waals surface area contributed by atoms with Gasteiger partial charge in [-0.05, 0) is 24.3 Å². The molecular weight excluding hydrogens is 282 g/mol. The largest absolute Gasteiger partial charge is 0.453 e. The van der Waals surface area contributed by atoms with E-state index >= 15 is 0 Å². The van der Waals surface area contributed by atoms with Crippen LogP contribution in [0.5, 0.6) is 11.5 Å². The lowest BCUT2D eigenvalue weighted by molar-refractivity contribution is -0.0964. The normalized spacial score (nSPS) is 26.8. The minimum atomic E-state index is -0.888. The lowest BCUT2D eigenvalue weighted by Gasteiger charge is -2.43. The number of benzene rings is 2. The van der Waals surface area contributed by atoms with Gasteiger partial charge in [-0.2, -0.15) is 0 Å². The van der Waals surface area contributed by atoms with E-state index in [0.29, 0.717) is 6.61 Å². The summed E-state index contributed by atoms with van der Waals surface area (Å²) in [4.78, 5) is 2.00. The molecule has 22 heavy (non-hydrogen) atoms. The van der Waals surface area contributed by atoms with Crippen LogP contribution in [0.15, 0.2) is 48.5 Å². The first-order chi connectivity index (χ1) is 10.8. The number of aliphatic hydroxyl groups excluding tert-OH is 2. The van der Waals surface area contributed by atoms with Crippen LogP contribution in [-0.2, 0) is 4.74 Å². The van der Waals surface area contributed by atoms with E-state index in [1.807, 2.05) is 53.4 Å². The Morgan fingerprint density at radius 3 is 2.09 bits per heavy atom. The summed E-state index contributed by atoms with van der Waals surface area (Å²) in [6.07, 6.45) is -1.77. The Morgan fingerprint density at radius 1 is 0.864 bits per heavy atom. The highest BCUT2D eigenvalue weighted by molar-refractivity contribution is 5.78. The van der Waals surface area contributed by atoms with Gasteiger partial charge in [0.2, 0.25) is 0 Å². The molecule has 1 saturated heterocycles. The van der Waals surface area contributed by atoms with Crippen LogP contribution < -0.4 is 9.64 Å². The topological polar surface area (TPSA) is 62.2 Å². The van der Waals surface area contributed by atoms with Gasteiger partial charge in [-0.1, -0.05) is 24.3 Å². The van der Waals surface area contributed by atoms with Crippen molar-refractivity contribution < 1.29 is 19.7 Å². The van der Waals surface area contributed by atoms with E-state index in [1.54, 1.807) is 0 Å². The monoisotopic (exact) mass is 299 g/mol. The number of anilines is 2. The molecule has 0 spiro atoms. The van der Waals surface area contributed by atoms with Crippen molar-refractivity contribution in [3.63, 3.8) is 0 Å². The van der Waals surface area contributed by atoms with Crippen molar-refractivity contribution >= 4 is 11.4 Å². The van der Waals surface area contributed by atoms with E-state index in [-0.39, 0.29) is 12.6 Å². The molecule has 2 aromatic rings. The summed E-state index contributed by atoms with van der Waals surface area (Å²) in [7, 11) is 0. The van der Waals surface area contributed by atoms with E-state index in [0.717, 1.165) is 22.9 Å². The Labute approximate surface area is 128 Å². The molecule has 0 bridgehead atoms. The number of ether oxygens (including phenoxy) is 2. The van der Waals surface area contributed by atoms with Crippen molar-refractivity contribution in [1.82, 2.24) is 0 Å². The van der Waals surface area contributed by atoms with Crippen LogP contribution in [0.3, 0.4) is 0 Å². The molecule has 0 radical (unpaired) electrons. The average Bonchev–Trinajstić information content (AvgIpc) is 2.55. The second kappa shape index (κ2) is 5.28. The molecule has 2 heterocycles. The van der Waals surface area contributed by atoms with Crippen LogP contribution in [0.4, 0.5) is 11.4 Å². The van der Waals surface area contributed by atoms with Crippen LogP contribution in [0.25, 0.3) is 0 Å². The maximum Gasteiger partial charge on any atom is 0.151 e. The van der Waals surface area contributed by atoms with E-state index in [4.69, 9.17) is 9.47 Å². The number of rotatable bonds is 1. The molecule has 0 aliphatic carbocycles. The third kappa shape index (κ3) is 2.06. The number of para-hydroxylation sites is 4. The van der Waals surface area contributed by atoms with E-state index < -0.39 is 12.2 Å². The highest BCUT2D eigenvalue weighted by atomic mass is 16.5. The van der Waals surface area contributed by atoms with Crippen molar-refractivity contribution in [2.45, 2.75) is 18.2 Å². The van der Waals surface area contributed by atoms with Crippen molar-refractivity contribution in [1.29, 1.82) is 0 Å². The number of hydrogen-bond acceptors (Lipinski definition) is 5. The zero-order chi connectivity index (χ0) is 15.1. The van der Waals surface area contributed by atoms with Gasteiger partial charge in [0, 0.05) is 0 Å². The smallest absolute Gasteiger partial charge is 0.151 e. The molecule has 0 aromatic heterocycles. The van der Waals surface area contributed by atoms with E-state index in [2.05, 4.69) is 0 Å². The molecule has 4 rings (SSSR count). The van der Waals surface area contributed by atoms with E-state index in [9.17, 15) is 10.2 Å². The van der Waals surface area contributed by atoms with Gasteiger partial charge in [0.1, 0.15) is 12.2 Å². The lowest BCUT2D eigenvalue weighted by atomic mass is 9.99. The Hall–Kier alpha value is -2.08. The lowest BCUT2D eigenvalue weighted by Crippen LogP contribution is -2.55. The minimum Gasteiger partial charge on any atom is -0.453 e. The maximum absolute atomic E-state index is 10.4. The predicted molar refractivity (Wildman–Crippen MR) is 81.7 cm³/mol. The summed E-state index contributed by atoms with van der Waals surface area (Å²) in [5.41, 5.74) is 1.73. The molecule has 2 aliphatic heterocycles. The van der Waals surface area contributed by atoms with Crippen molar-refractivity contribution in [2.75, 3.05) is 18.1 Å². The molecule has 0 saturated carbocycles. The van der Waals surface area contributed by atoms with Gasteiger partial charge in [0.15, 0.2) is 11.5 Å². The van der Waals surface area contributed by atoms with Crippen LogP contribution in [0.2, 0.25) is 0 Å². The van der Waals surface area contributed by atoms with Gasteiger partial charge >= 0.3 is 0 Å². The minimum absolute atomic E-state index is 0.158. The quantitative estimate of drug-likeness (QED) is 0.844. The summed E-state index contributed by atoms with van der Waals surface area (Å²) in [6, 6.07) is 15.0. The first-order valence-electron chi connectivity index (χ1n) is 7.35. The Bertz CT molecular complexity index is 644. The van der Waals surface area contributed by atoms with Gasteiger partial charge < -0.3 is 24.6 Å². The fourth-order valence-corrected chi connectivity index (χ4v) is 3.08. The Kier molecular flexibility index (Phi) is 3.26. The molecule has 0 unspecified atom stereocenters. The molecule has 5 heteroatoms. The van der Waals surface area contributed by atoms with Crippen LogP contribution in [0, 0.1) is 0 Å². The average molecular weight is 299 g/mol. The molecule has 3 atom stereocenters. The number of nitrogens with zero attached hydrogens (tertiary/aromatic N) is 1. The SMILES string of the molecule is O[C@H]1[C@H](N2c3ccccc3Oc3ccccc32)COC[C@@H]1O. The first-order valence-corrected chi connectivity index (χ1v) is 7.35. The molecule has 1 fully saturated rings. The molecule has 2 aliphatic rings. The van der Waals surface area contributed by atoms with Gasteiger partial charge in [-0.25, -0.2) is 0 Å². The fourth-order valence-electron chi connectivity index (χ4n) is 3.08. The second-order valence-electron chi connectivity index (χ2n) is 5.57. The molecular formula is C17H17NO4. The molecule has 2 aromatic carbocycles. The summed E-state index contributed by atoms with van der Waals surface area (Å²) >= 11 is 0. The second-order valence-corrected chi connectivity index (χ2v) is 5.57. The number of hydrogen-bond donors (Lipinski definition) is 2. The summed E-state index contributed by atoms with van der Waals surface area (Å²) in [5, 5.41) is 20.4. The van der Waals surface area contributed by atoms with Gasteiger partial charge in [0.05, 0.1) is 30.6 Å². The van der Waals surface area contributed by atoms with Gasteiger partial charge in [-0.3, -0.25) is 0 Å². The highest BCUT2D eigenvalue weighted by Crippen LogP contribution is 2.48. The zero-order valence-corrected chi connectivity index (χ0v) is 11.9. The van der Waals surface area contributed by atoms with Crippen LogP contribution >= 0.6 is 0 Å². The van der Waals surface area contributed by atoms with E-state index in [1.165, 1.54) is 0 Å². The molecule has 5 nitrogen and oxygen atoms in total. The number of aliphatic hydroxyl groups is 2. The number of fused-ring (bicyclic) bond motifs is 2. The predicted octanol–water partition coefficient (Wildman–Crippen LogP) is 2.05. The molecule has 0 amide bonds. The van der Waals surface area contributed by atoms with Crippen molar-refractivity contribution in [2.24, 2.45) is 0 Å². The Morgan fingerprint density at radius 2 is 1.45 bits per heavy atom. The zero-order valence-electron chi connectivity index (χ0n) is 11.9. The van der Waals surface area contributed by atoms with Crippen LogP contribution in [-0.4, -0.2) is 41.7 Å². The third-order valence-electron chi connectivity index (χ3n) is 4.17. The first kappa shape index (κ1) is 13.6. The van der Waals surface area contributed by atoms with Crippen LogP contribution in [0.1, 0.15) is 0 Å². The summed E-state index contributed by atoms with van der Waals surface area (Å²) in [6.45, 7) is 0.506. The molecule has 2 N–H and O–H groups in total. The fraction of sp³-hybridized carbons (Fsp3) is 0.294. The summed E-state index contributed by atoms with van der Waals surface area (Å²) < 4.78 is 11.4. The molecule has 114 valence electrons. The van der Waals surface area contributed by atoms with Gasteiger partial charge in [0.25, 0.3) is 0 Å². The summed E-state index contributed by atoms with van der Waals surface area (Å²) in [5.74, 6) is 1.46. The van der Waals surface area contributed by atoms with Crippen molar-refractivity contribution in [3.05, 3.63) is 48.5 Å². The maximum atomic E-state index is 10.4. The van der Waals surface area contributed by atoms with Gasteiger partial charge in [-0.15, -0.1) is 0 Å². The Balaban J connectivity index is 1.84. The highest BCUT2D eigenvalue weighted by Gasteiger charge is 2.39. The van der Waals surface area contributed by atoms with Crippen molar-refractivity contribution in [3.8, 4) is 11.5 Å².